The Bertz CT molecular complexity index is 1610. The van der Waals surface area contributed by atoms with Crippen molar-refractivity contribution in [2.45, 2.75) is 6.54 Å². The molecule has 2 aliphatic heterocycles. The van der Waals surface area contributed by atoms with Gasteiger partial charge in [-0.3, -0.25) is 4.79 Å². The maximum absolute atomic E-state index is 15.0. The van der Waals surface area contributed by atoms with Crippen LogP contribution in [0.4, 0.5) is 8.78 Å². The number of imidazole rings is 1. The maximum atomic E-state index is 15.0. The lowest BCUT2D eigenvalue weighted by molar-refractivity contribution is 0.607. The summed E-state index contributed by atoms with van der Waals surface area (Å²) in [5.74, 6) is -0.930. The summed E-state index contributed by atoms with van der Waals surface area (Å²) in [5.41, 5.74) is 1.56. The van der Waals surface area contributed by atoms with Crippen LogP contribution in [0.5, 0.6) is 0 Å². The Balaban J connectivity index is 1.54. The van der Waals surface area contributed by atoms with Gasteiger partial charge in [0, 0.05) is 25.1 Å². The highest BCUT2D eigenvalue weighted by Crippen LogP contribution is 2.32. The lowest BCUT2D eigenvalue weighted by Crippen LogP contribution is -2.15. The molecule has 33 heavy (non-hydrogen) atoms. The highest BCUT2D eigenvalue weighted by molar-refractivity contribution is 5.94. The van der Waals surface area contributed by atoms with Gasteiger partial charge in [0.1, 0.15) is 17.3 Å². The molecule has 8 nitrogen and oxygen atoms in total. The summed E-state index contributed by atoms with van der Waals surface area (Å²) in [7, 11) is 0. The van der Waals surface area contributed by atoms with Gasteiger partial charge in [0.25, 0.3) is 5.56 Å². The van der Waals surface area contributed by atoms with Crippen molar-refractivity contribution in [1.82, 2.24) is 34.1 Å². The number of aromatic nitrogens is 7. The molecule has 4 aromatic rings. The van der Waals surface area contributed by atoms with Crippen LogP contribution in [-0.2, 0) is 6.54 Å². The van der Waals surface area contributed by atoms with E-state index in [1.165, 1.54) is 18.7 Å². The molecule has 0 fully saturated rings. The van der Waals surface area contributed by atoms with E-state index in [4.69, 9.17) is 0 Å². The summed E-state index contributed by atoms with van der Waals surface area (Å²) in [4.78, 5) is 19.8. The molecule has 1 N–H and O–H groups in total. The molecule has 0 saturated heterocycles. The molecule has 162 valence electrons. The van der Waals surface area contributed by atoms with Crippen LogP contribution in [0.1, 0.15) is 5.56 Å². The van der Waals surface area contributed by atoms with Gasteiger partial charge in [-0.25, -0.2) is 18.4 Å². The Hall–Kier alpha value is -4.60. The summed E-state index contributed by atoms with van der Waals surface area (Å²) in [6.07, 6.45) is 7.88. The van der Waals surface area contributed by atoms with Crippen molar-refractivity contribution < 1.29 is 8.78 Å². The van der Waals surface area contributed by atoms with E-state index < -0.39 is 17.2 Å². The highest BCUT2D eigenvalue weighted by Gasteiger charge is 2.25. The molecular formula is C23H15F2N7O. The molecule has 10 heteroatoms. The minimum absolute atomic E-state index is 0.0351. The first-order chi connectivity index (χ1) is 16.1. The number of pyridine rings is 1. The third kappa shape index (κ3) is 3.03. The van der Waals surface area contributed by atoms with E-state index in [9.17, 15) is 13.6 Å². The molecule has 0 unspecified atom stereocenters. The molecule has 0 saturated carbocycles. The number of H-pyrrole nitrogens is 1. The lowest BCUT2D eigenvalue weighted by atomic mass is 10.1. The van der Waals surface area contributed by atoms with Crippen LogP contribution >= 0.6 is 0 Å². The molecule has 4 heterocycles. The summed E-state index contributed by atoms with van der Waals surface area (Å²) in [6.45, 7) is 0.223. The van der Waals surface area contributed by atoms with E-state index in [0.29, 0.717) is 5.82 Å². The largest absolute Gasteiger partial charge is 0.340 e. The molecule has 0 radical (unpaired) electrons. The molecule has 6 rings (SSSR count). The first-order valence-corrected chi connectivity index (χ1v) is 10.1. The second kappa shape index (κ2) is 7.23. The SMILES string of the molecule is O=c1c2cn(Cc3ccc(-n4cccn4)cc3)c3c(F)ccc(F)c3c-2nn1-c1cnc[nH]1. The average Bonchev–Trinajstić information content (AvgIpc) is 3.59. The fraction of sp³-hybridized carbons (Fsp3) is 0.0435. The third-order valence-corrected chi connectivity index (χ3v) is 5.53. The Morgan fingerprint density at radius 1 is 1.03 bits per heavy atom. The molecule has 0 spiro atoms. The number of benzene rings is 2. The molecule has 0 bridgehead atoms. The Kier molecular flexibility index (Phi) is 4.19. The standard InChI is InChI=1S/C23H15F2N7O/c24-17-6-7-18(25)22-20(17)21-16(23(33)32(29-21)19-10-26-13-27-19)12-30(22)11-14-2-4-15(5-3-14)31-9-1-8-28-31/h1-10,12-13H,11H2,(H,26,27). The number of fused-ring (bicyclic) bond motifs is 3. The number of nitrogens with zero attached hydrogens (tertiary/aromatic N) is 6. The molecule has 2 aromatic carbocycles. The number of hydrogen-bond acceptors (Lipinski definition) is 4. The molecule has 0 aliphatic carbocycles. The van der Waals surface area contributed by atoms with Gasteiger partial charge in [-0.15, -0.1) is 0 Å². The summed E-state index contributed by atoms with van der Waals surface area (Å²) in [6, 6.07) is 11.5. The van der Waals surface area contributed by atoms with Crippen LogP contribution in [0.3, 0.4) is 0 Å². The van der Waals surface area contributed by atoms with Gasteiger partial charge in [-0.2, -0.15) is 14.9 Å². The normalized spacial score (nSPS) is 11.6. The van der Waals surface area contributed by atoms with Crippen LogP contribution in [0.15, 0.2) is 78.4 Å². The monoisotopic (exact) mass is 443 g/mol. The Morgan fingerprint density at radius 3 is 2.58 bits per heavy atom. The van der Waals surface area contributed by atoms with Gasteiger partial charge in [0.05, 0.1) is 34.7 Å². The van der Waals surface area contributed by atoms with Gasteiger partial charge < -0.3 is 9.55 Å². The topological polar surface area (TPSA) is 86.3 Å². The molecule has 0 atom stereocenters. The van der Waals surface area contributed by atoms with Crippen molar-refractivity contribution in [3.63, 3.8) is 0 Å². The quantitative estimate of drug-likeness (QED) is 0.452. The lowest BCUT2D eigenvalue weighted by Gasteiger charge is -2.15. The van der Waals surface area contributed by atoms with E-state index in [1.54, 1.807) is 15.4 Å². The Morgan fingerprint density at radius 2 is 1.85 bits per heavy atom. The van der Waals surface area contributed by atoms with E-state index in [0.717, 1.165) is 28.1 Å². The molecule has 2 aromatic heterocycles. The van der Waals surface area contributed by atoms with Gasteiger partial charge in [-0.05, 0) is 35.9 Å². The zero-order valence-electron chi connectivity index (χ0n) is 17.0. The minimum Gasteiger partial charge on any atom is -0.340 e. The molecule has 2 aliphatic rings. The van der Waals surface area contributed by atoms with Crippen molar-refractivity contribution in [2.75, 3.05) is 0 Å². The fourth-order valence-electron chi connectivity index (χ4n) is 4.01. The predicted octanol–water partition coefficient (Wildman–Crippen LogP) is 3.53. The van der Waals surface area contributed by atoms with Crippen LogP contribution in [-0.4, -0.2) is 34.1 Å². The van der Waals surface area contributed by atoms with Crippen molar-refractivity contribution >= 4 is 10.9 Å². The zero-order valence-corrected chi connectivity index (χ0v) is 17.0. The van der Waals surface area contributed by atoms with Gasteiger partial charge in [-0.1, -0.05) is 12.1 Å². The van der Waals surface area contributed by atoms with Gasteiger partial charge in [0.15, 0.2) is 5.82 Å². The molecular weight excluding hydrogens is 428 g/mol. The zero-order chi connectivity index (χ0) is 22.5. The van der Waals surface area contributed by atoms with E-state index in [1.807, 2.05) is 36.5 Å². The number of nitrogens with one attached hydrogen (secondary N) is 1. The maximum Gasteiger partial charge on any atom is 0.283 e. The predicted molar refractivity (Wildman–Crippen MR) is 117 cm³/mol. The van der Waals surface area contributed by atoms with Gasteiger partial charge >= 0.3 is 0 Å². The fourth-order valence-corrected chi connectivity index (χ4v) is 4.01. The van der Waals surface area contributed by atoms with Crippen LogP contribution in [0, 0.1) is 11.6 Å². The second-order valence-corrected chi connectivity index (χ2v) is 7.54. The summed E-state index contributed by atoms with van der Waals surface area (Å²) < 4.78 is 34.3. The van der Waals surface area contributed by atoms with Gasteiger partial charge in [0.2, 0.25) is 0 Å². The average molecular weight is 443 g/mol. The number of halogens is 2. The molecule has 0 amide bonds. The first kappa shape index (κ1) is 19.1. The number of rotatable bonds is 4. The van der Waals surface area contributed by atoms with E-state index in [-0.39, 0.29) is 28.7 Å². The second-order valence-electron chi connectivity index (χ2n) is 7.54. The highest BCUT2D eigenvalue weighted by atomic mass is 19.1. The van der Waals surface area contributed by atoms with Crippen LogP contribution in [0.25, 0.3) is 33.7 Å². The minimum atomic E-state index is -0.658. The van der Waals surface area contributed by atoms with Crippen molar-refractivity contribution in [3.8, 4) is 22.8 Å². The van der Waals surface area contributed by atoms with Crippen molar-refractivity contribution in [3.05, 3.63) is 101 Å². The smallest absolute Gasteiger partial charge is 0.283 e. The van der Waals surface area contributed by atoms with Crippen LogP contribution < -0.4 is 5.56 Å². The number of aromatic amines is 1. The van der Waals surface area contributed by atoms with Crippen LogP contribution in [0.2, 0.25) is 0 Å². The van der Waals surface area contributed by atoms with Crippen molar-refractivity contribution in [2.24, 2.45) is 0 Å². The van der Waals surface area contributed by atoms with E-state index in [2.05, 4.69) is 20.2 Å². The van der Waals surface area contributed by atoms with Crippen molar-refractivity contribution in [1.29, 1.82) is 0 Å². The number of hydrogen-bond donors (Lipinski definition) is 1. The summed E-state index contributed by atoms with van der Waals surface area (Å²) in [5, 5.41) is 8.43. The first-order valence-electron chi connectivity index (χ1n) is 10.1. The Labute approximate surface area is 184 Å². The third-order valence-electron chi connectivity index (χ3n) is 5.53. The summed E-state index contributed by atoms with van der Waals surface area (Å²) >= 11 is 0. The van der Waals surface area contributed by atoms with E-state index >= 15 is 0 Å².